The third-order valence-electron chi connectivity index (χ3n) is 4.27. The van der Waals surface area contributed by atoms with Crippen molar-refractivity contribution in [3.05, 3.63) is 51.4 Å². The number of nitrogens with zero attached hydrogens (tertiary/aromatic N) is 2. The molecule has 0 saturated carbocycles. The van der Waals surface area contributed by atoms with Crippen LogP contribution in [0.1, 0.15) is 30.2 Å². The SMILES string of the molecule is CCN1CCCc2cc(-c3cc(C)[nH]c(=O)c3C#N)ccc21. The fourth-order valence-corrected chi connectivity index (χ4v) is 3.20. The van der Waals surface area contributed by atoms with Crippen LogP contribution in [0.2, 0.25) is 0 Å². The number of pyridine rings is 1. The second kappa shape index (κ2) is 5.69. The van der Waals surface area contributed by atoms with Gasteiger partial charge in [-0.25, -0.2) is 0 Å². The zero-order chi connectivity index (χ0) is 15.7. The molecule has 1 aliphatic rings. The topological polar surface area (TPSA) is 59.9 Å². The van der Waals surface area contributed by atoms with E-state index in [1.807, 2.05) is 25.1 Å². The molecular formula is C18H19N3O. The van der Waals surface area contributed by atoms with Crippen molar-refractivity contribution in [3.63, 3.8) is 0 Å². The summed E-state index contributed by atoms with van der Waals surface area (Å²) >= 11 is 0. The lowest BCUT2D eigenvalue weighted by molar-refractivity contribution is 0.708. The Morgan fingerprint density at radius 2 is 2.18 bits per heavy atom. The number of nitrogens with one attached hydrogen (secondary N) is 1. The number of aromatic nitrogens is 1. The van der Waals surface area contributed by atoms with Gasteiger partial charge in [0.15, 0.2) is 0 Å². The lowest BCUT2D eigenvalue weighted by Gasteiger charge is -2.30. The molecule has 0 radical (unpaired) electrons. The van der Waals surface area contributed by atoms with Gasteiger partial charge in [0.25, 0.3) is 5.56 Å². The fraction of sp³-hybridized carbons (Fsp3) is 0.333. The van der Waals surface area contributed by atoms with Crippen LogP contribution in [0, 0.1) is 18.3 Å². The molecule has 1 aromatic heterocycles. The Labute approximate surface area is 130 Å². The molecule has 2 heterocycles. The number of aromatic amines is 1. The highest BCUT2D eigenvalue weighted by molar-refractivity contribution is 5.74. The average Bonchev–Trinajstić information content (AvgIpc) is 2.53. The van der Waals surface area contributed by atoms with Gasteiger partial charge in [0.05, 0.1) is 0 Å². The van der Waals surface area contributed by atoms with Gasteiger partial charge in [-0.05, 0) is 56.0 Å². The third-order valence-corrected chi connectivity index (χ3v) is 4.27. The molecular weight excluding hydrogens is 274 g/mol. The lowest BCUT2D eigenvalue weighted by atomic mass is 9.94. The number of rotatable bonds is 2. The van der Waals surface area contributed by atoms with E-state index in [1.54, 1.807) is 0 Å². The molecule has 0 fully saturated rings. The Kier molecular flexibility index (Phi) is 3.72. The largest absolute Gasteiger partial charge is 0.372 e. The van der Waals surface area contributed by atoms with Crippen molar-refractivity contribution < 1.29 is 0 Å². The molecule has 4 nitrogen and oxygen atoms in total. The molecule has 2 aromatic rings. The Hall–Kier alpha value is -2.54. The number of anilines is 1. The van der Waals surface area contributed by atoms with Crippen molar-refractivity contribution >= 4 is 5.69 Å². The zero-order valence-corrected chi connectivity index (χ0v) is 12.9. The van der Waals surface area contributed by atoms with Gasteiger partial charge in [-0.2, -0.15) is 5.26 Å². The van der Waals surface area contributed by atoms with Crippen LogP contribution < -0.4 is 10.5 Å². The van der Waals surface area contributed by atoms with Gasteiger partial charge in [0.1, 0.15) is 11.6 Å². The van der Waals surface area contributed by atoms with E-state index in [2.05, 4.69) is 28.9 Å². The maximum Gasteiger partial charge on any atom is 0.266 e. The van der Waals surface area contributed by atoms with Crippen LogP contribution in [0.15, 0.2) is 29.1 Å². The molecule has 0 saturated heterocycles. The summed E-state index contributed by atoms with van der Waals surface area (Å²) in [7, 11) is 0. The first-order valence-electron chi connectivity index (χ1n) is 7.66. The molecule has 0 aliphatic carbocycles. The highest BCUT2D eigenvalue weighted by Crippen LogP contribution is 2.32. The van der Waals surface area contributed by atoms with E-state index in [4.69, 9.17) is 0 Å². The Balaban J connectivity index is 2.15. The molecule has 0 unspecified atom stereocenters. The first kappa shape index (κ1) is 14.4. The van der Waals surface area contributed by atoms with E-state index in [0.717, 1.165) is 42.8 Å². The van der Waals surface area contributed by atoms with E-state index in [9.17, 15) is 10.1 Å². The van der Waals surface area contributed by atoms with Crippen molar-refractivity contribution in [2.24, 2.45) is 0 Å². The van der Waals surface area contributed by atoms with Crippen LogP contribution in [0.25, 0.3) is 11.1 Å². The van der Waals surface area contributed by atoms with Crippen LogP contribution in [-0.4, -0.2) is 18.1 Å². The predicted octanol–water partition coefficient (Wildman–Crippen LogP) is 2.99. The molecule has 112 valence electrons. The predicted molar refractivity (Wildman–Crippen MR) is 88.2 cm³/mol. The maximum atomic E-state index is 12.0. The summed E-state index contributed by atoms with van der Waals surface area (Å²) in [6.07, 6.45) is 2.19. The molecule has 3 rings (SSSR count). The first-order valence-corrected chi connectivity index (χ1v) is 7.66. The molecule has 1 N–H and O–H groups in total. The quantitative estimate of drug-likeness (QED) is 0.926. The van der Waals surface area contributed by atoms with Crippen molar-refractivity contribution in [3.8, 4) is 17.2 Å². The monoisotopic (exact) mass is 293 g/mol. The second-order valence-corrected chi connectivity index (χ2v) is 5.71. The number of H-pyrrole nitrogens is 1. The Bertz CT molecular complexity index is 814. The molecule has 0 bridgehead atoms. The number of fused-ring (bicyclic) bond motifs is 1. The number of nitriles is 1. The summed E-state index contributed by atoms with van der Waals surface area (Å²) in [6, 6.07) is 10.2. The normalized spacial score (nSPS) is 13.6. The number of aryl methyl sites for hydroxylation is 2. The number of benzene rings is 1. The zero-order valence-electron chi connectivity index (χ0n) is 12.9. The van der Waals surface area contributed by atoms with Crippen LogP contribution >= 0.6 is 0 Å². The smallest absolute Gasteiger partial charge is 0.266 e. The molecule has 0 amide bonds. The van der Waals surface area contributed by atoms with Crippen LogP contribution in [0.4, 0.5) is 5.69 Å². The van der Waals surface area contributed by atoms with Crippen LogP contribution in [-0.2, 0) is 6.42 Å². The summed E-state index contributed by atoms with van der Waals surface area (Å²) in [5.41, 5.74) is 4.89. The first-order chi connectivity index (χ1) is 10.6. The van der Waals surface area contributed by atoms with Gasteiger partial charge >= 0.3 is 0 Å². The molecule has 4 heteroatoms. The van der Waals surface area contributed by atoms with Crippen molar-refractivity contribution in [1.29, 1.82) is 5.26 Å². The summed E-state index contributed by atoms with van der Waals surface area (Å²) in [6.45, 7) is 6.09. The van der Waals surface area contributed by atoms with Gasteiger partial charge in [-0.3, -0.25) is 4.79 Å². The minimum atomic E-state index is -0.314. The van der Waals surface area contributed by atoms with E-state index in [1.165, 1.54) is 11.3 Å². The van der Waals surface area contributed by atoms with Gasteiger partial charge < -0.3 is 9.88 Å². The lowest BCUT2D eigenvalue weighted by Crippen LogP contribution is -2.28. The molecule has 1 aliphatic heterocycles. The van der Waals surface area contributed by atoms with Gasteiger partial charge in [-0.1, -0.05) is 6.07 Å². The molecule has 1 aromatic carbocycles. The summed E-state index contributed by atoms with van der Waals surface area (Å²) in [5.74, 6) is 0. The fourth-order valence-electron chi connectivity index (χ4n) is 3.20. The molecule has 0 atom stereocenters. The molecule has 0 spiro atoms. The van der Waals surface area contributed by atoms with Gasteiger partial charge in [-0.15, -0.1) is 0 Å². The standard InChI is InChI=1S/C18H19N3O/c1-3-21-8-4-5-14-10-13(6-7-17(14)21)15-9-12(2)20-18(22)16(15)11-19/h6-7,9-10H,3-5,8H2,1-2H3,(H,20,22). The summed E-state index contributed by atoms with van der Waals surface area (Å²) in [5, 5.41) is 9.29. The van der Waals surface area contributed by atoms with E-state index in [0.29, 0.717) is 0 Å². The van der Waals surface area contributed by atoms with Gasteiger partial charge in [0, 0.05) is 30.0 Å². The van der Waals surface area contributed by atoms with E-state index >= 15 is 0 Å². The summed E-state index contributed by atoms with van der Waals surface area (Å²) in [4.78, 5) is 17.0. The Morgan fingerprint density at radius 3 is 2.91 bits per heavy atom. The van der Waals surface area contributed by atoms with Crippen molar-refractivity contribution in [2.75, 3.05) is 18.0 Å². The highest BCUT2D eigenvalue weighted by Gasteiger charge is 2.17. The number of hydrogen-bond donors (Lipinski definition) is 1. The van der Waals surface area contributed by atoms with Crippen molar-refractivity contribution in [2.45, 2.75) is 26.7 Å². The second-order valence-electron chi connectivity index (χ2n) is 5.71. The molecule has 22 heavy (non-hydrogen) atoms. The average molecular weight is 293 g/mol. The van der Waals surface area contributed by atoms with E-state index < -0.39 is 0 Å². The van der Waals surface area contributed by atoms with E-state index in [-0.39, 0.29) is 11.1 Å². The number of hydrogen-bond acceptors (Lipinski definition) is 3. The third kappa shape index (κ3) is 2.39. The minimum Gasteiger partial charge on any atom is -0.372 e. The highest BCUT2D eigenvalue weighted by atomic mass is 16.1. The summed E-state index contributed by atoms with van der Waals surface area (Å²) < 4.78 is 0. The van der Waals surface area contributed by atoms with Crippen LogP contribution in [0.5, 0.6) is 0 Å². The Morgan fingerprint density at radius 1 is 1.36 bits per heavy atom. The minimum absolute atomic E-state index is 0.189. The van der Waals surface area contributed by atoms with Crippen LogP contribution in [0.3, 0.4) is 0 Å². The maximum absolute atomic E-state index is 12.0. The van der Waals surface area contributed by atoms with Crippen molar-refractivity contribution in [1.82, 2.24) is 4.98 Å². The van der Waals surface area contributed by atoms with Gasteiger partial charge in [0.2, 0.25) is 0 Å².